The van der Waals surface area contributed by atoms with Crippen LogP contribution in [0.15, 0.2) is 54.6 Å². The van der Waals surface area contributed by atoms with E-state index in [-0.39, 0.29) is 0 Å². The molecular weight excluding hydrogens is 244 g/mol. The summed E-state index contributed by atoms with van der Waals surface area (Å²) in [6, 6.07) is 18.5. The second-order valence-corrected chi connectivity index (χ2v) is 4.77. The highest BCUT2D eigenvalue weighted by Gasteiger charge is 2.02. The molecule has 0 bridgehead atoms. The monoisotopic (exact) mass is 260 g/mol. The Morgan fingerprint density at radius 1 is 0.944 bits per heavy atom. The fraction of sp³-hybridized carbons (Fsp3) is 0.250. The Bertz CT molecular complexity index is 464. The zero-order chi connectivity index (χ0) is 12.8. The smallest absolute Gasteiger partial charge is 0.119 e. The van der Waals surface area contributed by atoms with Crippen LogP contribution in [0.5, 0.6) is 5.75 Å². The minimum Gasteiger partial charge on any atom is -0.493 e. The van der Waals surface area contributed by atoms with Gasteiger partial charge in [-0.2, -0.15) is 0 Å². The number of alkyl halides is 1. The van der Waals surface area contributed by atoms with Crippen LogP contribution >= 0.6 is 11.6 Å². The van der Waals surface area contributed by atoms with E-state index in [0.29, 0.717) is 18.4 Å². The highest BCUT2D eigenvalue weighted by Crippen LogP contribution is 2.22. The number of ether oxygens (including phenoxy) is 1. The van der Waals surface area contributed by atoms with Gasteiger partial charge in [0.15, 0.2) is 0 Å². The maximum atomic E-state index is 5.74. The quantitative estimate of drug-likeness (QED) is 0.714. The van der Waals surface area contributed by atoms with E-state index in [1.165, 1.54) is 11.1 Å². The molecule has 0 N–H and O–H groups in total. The van der Waals surface area contributed by atoms with Crippen LogP contribution in [0.2, 0.25) is 0 Å². The number of hydrogen-bond donors (Lipinski definition) is 0. The lowest BCUT2D eigenvalue weighted by molar-refractivity contribution is 0.273. The molecule has 94 valence electrons. The van der Waals surface area contributed by atoms with Gasteiger partial charge in [-0.25, -0.2) is 0 Å². The molecule has 0 heterocycles. The molecule has 0 fully saturated rings. The van der Waals surface area contributed by atoms with Gasteiger partial charge in [0, 0.05) is 11.8 Å². The highest BCUT2D eigenvalue weighted by atomic mass is 35.5. The fourth-order valence-corrected chi connectivity index (χ4v) is 1.75. The van der Waals surface area contributed by atoms with Crippen molar-refractivity contribution in [1.82, 2.24) is 0 Å². The first-order valence-corrected chi connectivity index (χ1v) is 6.67. The van der Waals surface area contributed by atoms with Crippen molar-refractivity contribution >= 4 is 11.6 Å². The summed E-state index contributed by atoms with van der Waals surface area (Å²) in [5, 5.41) is 0. The van der Waals surface area contributed by atoms with Crippen molar-refractivity contribution in [3.8, 4) is 16.9 Å². The van der Waals surface area contributed by atoms with Gasteiger partial charge in [0.05, 0.1) is 6.61 Å². The first-order valence-electron chi connectivity index (χ1n) is 6.14. The van der Waals surface area contributed by atoms with Crippen molar-refractivity contribution < 1.29 is 4.74 Å². The molecule has 0 aromatic heterocycles. The lowest BCUT2D eigenvalue weighted by Crippen LogP contribution is -2.09. The summed E-state index contributed by atoms with van der Waals surface area (Å²) in [5.41, 5.74) is 2.42. The van der Waals surface area contributed by atoms with E-state index in [4.69, 9.17) is 16.3 Å². The van der Waals surface area contributed by atoms with Crippen LogP contribution in [0.3, 0.4) is 0 Å². The third-order valence-electron chi connectivity index (χ3n) is 2.76. The van der Waals surface area contributed by atoms with Gasteiger partial charge in [0.25, 0.3) is 0 Å². The van der Waals surface area contributed by atoms with E-state index in [1.807, 2.05) is 30.3 Å². The Morgan fingerprint density at radius 2 is 1.56 bits per heavy atom. The molecule has 1 unspecified atom stereocenters. The molecule has 2 heteroatoms. The minimum absolute atomic E-state index is 0.375. The Balaban J connectivity index is 2.02. The lowest BCUT2D eigenvalue weighted by atomic mass is 10.1. The SMILES string of the molecule is CC(CCl)COc1ccc(-c2ccccc2)cc1. The van der Waals surface area contributed by atoms with Crippen LogP contribution in [0, 0.1) is 5.92 Å². The number of halogens is 1. The average molecular weight is 261 g/mol. The van der Waals surface area contributed by atoms with E-state index in [2.05, 4.69) is 31.2 Å². The Morgan fingerprint density at radius 3 is 2.17 bits per heavy atom. The van der Waals surface area contributed by atoms with Crippen molar-refractivity contribution in [3.63, 3.8) is 0 Å². The minimum atomic E-state index is 0.375. The first-order chi connectivity index (χ1) is 8.79. The summed E-state index contributed by atoms with van der Waals surface area (Å²) in [6.07, 6.45) is 0. The Kier molecular flexibility index (Phi) is 4.66. The molecule has 0 aliphatic rings. The van der Waals surface area contributed by atoms with Gasteiger partial charge in [-0.15, -0.1) is 11.6 Å². The van der Waals surface area contributed by atoms with E-state index < -0.39 is 0 Å². The van der Waals surface area contributed by atoms with Gasteiger partial charge in [0.2, 0.25) is 0 Å². The fourth-order valence-electron chi connectivity index (χ4n) is 1.66. The third kappa shape index (κ3) is 3.51. The normalized spacial score (nSPS) is 12.1. The molecule has 0 saturated carbocycles. The standard InChI is InChI=1S/C16H17ClO/c1-13(11-17)12-18-16-9-7-15(8-10-16)14-5-3-2-4-6-14/h2-10,13H,11-12H2,1H3. The van der Waals surface area contributed by atoms with Gasteiger partial charge in [-0.1, -0.05) is 49.4 Å². The van der Waals surface area contributed by atoms with Gasteiger partial charge < -0.3 is 4.74 Å². The zero-order valence-electron chi connectivity index (χ0n) is 10.5. The van der Waals surface area contributed by atoms with E-state index in [9.17, 15) is 0 Å². The van der Waals surface area contributed by atoms with Crippen molar-refractivity contribution in [2.75, 3.05) is 12.5 Å². The molecular formula is C16H17ClO. The predicted molar refractivity (Wildman–Crippen MR) is 77.3 cm³/mol. The van der Waals surface area contributed by atoms with E-state index in [1.54, 1.807) is 0 Å². The Hall–Kier alpha value is -1.47. The summed E-state index contributed by atoms with van der Waals surface area (Å²) in [7, 11) is 0. The van der Waals surface area contributed by atoms with Crippen LogP contribution in [0.25, 0.3) is 11.1 Å². The van der Waals surface area contributed by atoms with Crippen LogP contribution in [-0.2, 0) is 0 Å². The molecule has 1 atom stereocenters. The Labute approximate surface area is 113 Å². The molecule has 18 heavy (non-hydrogen) atoms. The second-order valence-electron chi connectivity index (χ2n) is 4.46. The second kappa shape index (κ2) is 6.46. The van der Waals surface area contributed by atoms with Gasteiger partial charge in [-0.3, -0.25) is 0 Å². The average Bonchev–Trinajstić information content (AvgIpc) is 2.46. The third-order valence-corrected chi connectivity index (χ3v) is 3.29. The summed E-state index contributed by atoms with van der Waals surface area (Å²) < 4.78 is 5.67. The molecule has 1 nitrogen and oxygen atoms in total. The molecule has 0 aliphatic carbocycles. The van der Waals surface area contributed by atoms with Crippen LogP contribution in [-0.4, -0.2) is 12.5 Å². The summed E-state index contributed by atoms with van der Waals surface area (Å²) in [4.78, 5) is 0. The number of hydrogen-bond acceptors (Lipinski definition) is 1. The molecule has 0 aliphatic heterocycles. The molecule has 2 aromatic carbocycles. The maximum Gasteiger partial charge on any atom is 0.119 e. The first kappa shape index (κ1) is 13.0. The van der Waals surface area contributed by atoms with Crippen molar-refractivity contribution in [2.45, 2.75) is 6.92 Å². The highest BCUT2D eigenvalue weighted by molar-refractivity contribution is 6.18. The zero-order valence-corrected chi connectivity index (χ0v) is 11.2. The van der Waals surface area contributed by atoms with Crippen molar-refractivity contribution in [3.05, 3.63) is 54.6 Å². The topological polar surface area (TPSA) is 9.23 Å². The van der Waals surface area contributed by atoms with Crippen molar-refractivity contribution in [1.29, 1.82) is 0 Å². The molecule has 0 spiro atoms. The molecule has 2 rings (SSSR count). The molecule has 2 aromatic rings. The molecule has 0 radical (unpaired) electrons. The predicted octanol–water partition coefficient (Wildman–Crippen LogP) is 4.61. The van der Waals surface area contributed by atoms with Gasteiger partial charge in [-0.05, 0) is 23.3 Å². The number of rotatable bonds is 5. The lowest BCUT2D eigenvalue weighted by Gasteiger charge is -2.10. The van der Waals surface area contributed by atoms with Gasteiger partial charge in [0.1, 0.15) is 5.75 Å². The summed E-state index contributed by atoms with van der Waals surface area (Å²) in [6.45, 7) is 2.74. The largest absolute Gasteiger partial charge is 0.493 e. The summed E-state index contributed by atoms with van der Waals surface area (Å²) >= 11 is 5.74. The number of benzene rings is 2. The molecule has 0 saturated heterocycles. The summed E-state index contributed by atoms with van der Waals surface area (Å²) in [5.74, 6) is 1.90. The van der Waals surface area contributed by atoms with E-state index >= 15 is 0 Å². The maximum absolute atomic E-state index is 5.74. The van der Waals surface area contributed by atoms with Crippen molar-refractivity contribution in [2.24, 2.45) is 5.92 Å². The molecule has 0 amide bonds. The van der Waals surface area contributed by atoms with E-state index in [0.717, 1.165) is 5.75 Å². The van der Waals surface area contributed by atoms with Crippen LogP contribution in [0.1, 0.15) is 6.92 Å². The van der Waals surface area contributed by atoms with Crippen LogP contribution < -0.4 is 4.74 Å². The van der Waals surface area contributed by atoms with Gasteiger partial charge >= 0.3 is 0 Å². The van der Waals surface area contributed by atoms with Crippen LogP contribution in [0.4, 0.5) is 0 Å².